The molecule has 0 aromatic rings. The molecule has 0 spiro atoms. The van der Waals surface area contributed by atoms with Gasteiger partial charge in [-0.25, -0.2) is 0 Å². The van der Waals surface area contributed by atoms with Crippen molar-refractivity contribution in [3.8, 4) is 0 Å². The zero-order chi connectivity index (χ0) is 12.1. The molecule has 0 bridgehead atoms. The van der Waals surface area contributed by atoms with Crippen molar-refractivity contribution in [2.24, 2.45) is 17.8 Å². The van der Waals surface area contributed by atoms with Crippen molar-refractivity contribution in [3.05, 3.63) is 12.2 Å². The minimum atomic E-state index is -1.01. The predicted molar refractivity (Wildman–Crippen MR) is 58.9 cm³/mol. The Morgan fingerprint density at radius 2 is 2.25 bits per heavy atom. The fourth-order valence-corrected chi connectivity index (χ4v) is 2.39. The van der Waals surface area contributed by atoms with E-state index >= 15 is 0 Å². The zero-order valence-electron chi connectivity index (χ0n) is 9.43. The van der Waals surface area contributed by atoms with E-state index in [1.807, 2.05) is 19.1 Å². The standard InChI is InChI=1S/C12H18O4/c1-2-3-4-8-5-9(14)6-10(8)11(7-13)12(15)16/h2-3,8,10-11,13H,4-7H2,1H3,(H,15,16)/b3-2-. The lowest BCUT2D eigenvalue weighted by atomic mass is 9.82. The van der Waals surface area contributed by atoms with E-state index in [-0.39, 0.29) is 24.2 Å². The topological polar surface area (TPSA) is 74.6 Å². The van der Waals surface area contributed by atoms with Crippen LogP contribution in [0.5, 0.6) is 0 Å². The van der Waals surface area contributed by atoms with Gasteiger partial charge in [-0.1, -0.05) is 12.2 Å². The van der Waals surface area contributed by atoms with E-state index in [0.29, 0.717) is 12.8 Å². The number of ketones is 1. The highest BCUT2D eigenvalue weighted by Crippen LogP contribution is 2.37. The van der Waals surface area contributed by atoms with Gasteiger partial charge in [0.2, 0.25) is 0 Å². The summed E-state index contributed by atoms with van der Waals surface area (Å²) in [7, 11) is 0. The molecule has 1 aliphatic rings. The van der Waals surface area contributed by atoms with Crippen LogP contribution in [0.1, 0.15) is 26.2 Å². The van der Waals surface area contributed by atoms with Gasteiger partial charge in [-0.05, 0) is 25.2 Å². The Bertz CT molecular complexity index is 295. The minimum Gasteiger partial charge on any atom is -0.481 e. The van der Waals surface area contributed by atoms with Crippen molar-refractivity contribution >= 4 is 11.8 Å². The van der Waals surface area contributed by atoms with Gasteiger partial charge in [-0.3, -0.25) is 9.59 Å². The van der Waals surface area contributed by atoms with Gasteiger partial charge in [0, 0.05) is 12.8 Å². The van der Waals surface area contributed by atoms with Crippen molar-refractivity contribution in [2.75, 3.05) is 6.61 Å². The van der Waals surface area contributed by atoms with Crippen LogP contribution in [0.15, 0.2) is 12.2 Å². The summed E-state index contributed by atoms with van der Waals surface area (Å²) >= 11 is 0. The molecular formula is C12H18O4. The van der Waals surface area contributed by atoms with Crippen molar-refractivity contribution in [1.29, 1.82) is 0 Å². The first-order chi connectivity index (χ1) is 7.60. The molecule has 3 unspecified atom stereocenters. The van der Waals surface area contributed by atoms with Gasteiger partial charge < -0.3 is 10.2 Å². The third-order valence-electron chi connectivity index (χ3n) is 3.26. The number of carboxylic acid groups (broad SMARTS) is 1. The molecule has 1 rings (SSSR count). The van der Waals surface area contributed by atoms with Gasteiger partial charge in [0.25, 0.3) is 0 Å². The second kappa shape index (κ2) is 5.80. The van der Waals surface area contributed by atoms with E-state index in [0.717, 1.165) is 6.42 Å². The van der Waals surface area contributed by atoms with Crippen LogP contribution < -0.4 is 0 Å². The van der Waals surface area contributed by atoms with Crippen LogP contribution >= 0.6 is 0 Å². The molecule has 0 aromatic carbocycles. The lowest BCUT2D eigenvalue weighted by Crippen LogP contribution is -2.29. The van der Waals surface area contributed by atoms with Crippen LogP contribution in [-0.2, 0) is 9.59 Å². The summed E-state index contributed by atoms with van der Waals surface area (Å²) < 4.78 is 0. The monoisotopic (exact) mass is 226 g/mol. The first kappa shape index (κ1) is 12.9. The van der Waals surface area contributed by atoms with E-state index in [9.17, 15) is 9.59 Å². The first-order valence-corrected chi connectivity index (χ1v) is 5.56. The highest BCUT2D eigenvalue weighted by molar-refractivity contribution is 5.82. The Kier molecular flexibility index (Phi) is 4.68. The van der Waals surface area contributed by atoms with E-state index in [4.69, 9.17) is 10.2 Å². The Morgan fingerprint density at radius 1 is 1.56 bits per heavy atom. The van der Waals surface area contributed by atoms with E-state index in [2.05, 4.69) is 0 Å². The normalized spacial score (nSPS) is 27.5. The number of hydrogen-bond acceptors (Lipinski definition) is 3. The molecule has 0 saturated heterocycles. The maximum absolute atomic E-state index is 11.4. The number of Topliss-reactive ketones (excluding diaryl/α,β-unsaturated/α-hetero) is 1. The molecule has 0 aromatic heterocycles. The van der Waals surface area contributed by atoms with Gasteiger partial charge in [0.15, 0.2) is 0 Å². The highest BCUT2D eigenvalue weighted by atomic mass is 16.4. The van der Waals surface area contributed by atoms with Crippen molar-refractivity contribution in [1.82, 2.24) is 0 Å². The van der Waals surface area contributed by atoms with Crippen LogP contribution in [0.3, 0.4) is 0 Å². The summed E-state index contributed by atoms with van der Waals surface area (Å²) in [5.74, 6) is -1.85. The predicted octanol–water partition coefficient (Wildman–Crippen LogP) is 1.24. The molecular weight excluding hydrogens is 208 g/mol. The number of hydrogen-bond donors (Lipinski definition) is 2. The van der Waals surface area contributed by atoms with E-state index in [1.54, 1.807) is 0 Å². The minimum absolute atomic E-state index is 0.0666. The van der Waals surface area contributed by atoms with Gasteiger partial charge in [0.1, 0.15) is 5.78 Å². The lowest BCUT2D eigenvalue weighted by molar-refractivity contribution is -0.145. The number of carbonyl (C=O) groups excluding carboxylic acids is 1. The van der Waals surface area contributed by atoms with Crippen molar-refractivity contribution < 1.29 is 19.8 Å². The van der Waals surface area contributed by atoms with Gasteiger partial charge in [-0.2, -0.15) is 0 Å². The van der Waals surface area contributed by atoms with Crippen molar-refractivity contribution in [2.45, 2.75) is 26.2 Å². The molecule has 3 atom stereocenters. The van der Waals surface area contributed by atoms with E-state index < -0.39 is 11.9 Å². The molecule has 4 heteroatoms. The number of aliphatic hydroxyl groups excluding tert-OH is 1. The Hall–Kier alpha value is -1.16. The first-order valence-electron chi connectivity index (χ1n) is 5.56. The molecule has 2 N–H and O–H groups in total. The number of carboxylic acids is 1. The molecule has 1 aliphatic carbocycles. The summed E-state index contributed by atoms with van der Waals surface area (Å²) in [6.07, 6.45) is 5.30. The van der Waals surface area contributed by atoms with Gasteiger partial charge >= 0.3 is 5.97 Å². The van der Waals surface area contributed by atoms with Crippen LogP contribution in [0, 0.1) is 17.8 Å². The fraction of sp³-hybridized carbons (Fsp3) is 0.667. The SMILES string of the molecule is C/C=C\CC1CC(=O)CC1C(CO)C(=O)O. The third kappa shape index (κ3) is 2.92. The number of allylic oxidation sites excluding steroid dienone is 2. The van der Waals surface area contributed by atoms with E-state index in [1.165, 1.54) is 0 Å². The summed E-state index contributed by atoms with van der Waals surface area (Å²) in [6, 6.07) is 0. The molecule has 0 radical (unpaired) electrons. The Morgan fingerprint density at radius 3 is 2.75 bits per heavy atom. The maximum Gasteiger partial charge on any atom is 0.309 e. The van der Waals surface area contributed by atoms with Gasteiger partial charge in [0.05, 0.1) is 12.5 Å². The summed E-state index contributed by atoms with van der Waals surface area (Å²) in [5, 5.41) is 18.0. The molecule has 4 nitrogen and oxygen atoms in total. The third-order valence-corrected chi connectivity index (χ3v) is 3.26. The molecule has 90 valence electrons. The van der Waals surface area contributed by atoms with Crippen LogP contribution in [0.2, 0.25) is 0 Å². The quantitative estimate of drug-likeness (QED) is 0.692. The van der Waals surface area contributed by atoms with Gasteiger partial charge in [-0.15, -0.1) is 0 Å². The number of carbonyl (C=O) groups is 2. The molecule has 1 fully saturated rings. The fourth-order valence-electron chi connectivity index (χ4n) is 2.39. The van der Waals surface area contributed by atoms with Crippen LogP contribution in [0.25, 0.3) is 0 Å². The smallest absolute Gasteiger partial charge is 0.309 e. The molecule has 0 aliphatic heterocycles. The average Bonchev–Trinajstić information content (AvgIpc) is 2.57. The molecule has 0 heterocycles. The van der Waals surface area contributed by atoms with Crippen LogP contribution in [-0.4, -0.2) is 28.6 Å². The lowest BCUT2D eigenvalue weighted by Gasteiger charge is -2.22. The molecule has 16 heavy (non-hydrogen) atoms. The largest absolute Gasteiger partial charge is 0.481 e. The van der Waals surface area contributed by atoms with Crippen LogP contribution in [0.4, 0.5) is 0 Å². The highest BCUT2D eigenvalue weighted by Gasteiger charge is 2.40. The average molecular weight is 226 g/mol. The summed E-state index contributed by atoms with van der Waals surface area (Å²) in [6.45, 7) is 1.51. The second-order valence-electron chi connectivity index (χ2n) is 4.30. The molecule has 0 amide bonds. The number of rotatable bonds is 5. The Labute approximate surface area is 95.0 Å². The Balaban J connectivity index is 2.74. The second-order valence-corrected chi connectivity index (χ2v) is 4.30. The maximum atomic E-state index is 11.4. The molecule has 1 saturated carbocycles. The summed E-state index contributed by atoms with van der Waals surface area (Å²) in [4.78, 5) is 22.3. The zero-order valence-corrected chi connectivity index (χ0v) is 9.43. The number of aliphatic carboxylic acids is 1. The summed E-state index contributed by atoms with van der Waals surface area (Å²) in [5.41, 5.74) is 0. The number of aliphatic hydroxyl groups is 1. The van der Waals surface area contributed by atoms with Crippen molar-refractivity contribution in [3.63, 3.8) is 0 Å².